The van der Waals surface area contributed by atoms with E-state index < -0.39 is 0 Å². The molecule has 0 amide bonds. The van der Waals surface area contributed by atoms with Gasteiger partial charge in [0.15, 0.2) is 0 Å². The third-order valence-corrected chi connectivity index (χ3v) is 3.67. The highest BCUT2D eigenvalue weighted by Crippen LogP contribution is 2.27. The topological polar surface area (TPSA) is 43.4 Å². The summed E-state index contributed by atoms with van der Waals surface area (Å²) in [5, 5.41) is 0. The van der Waals surface area contributed by atoms with Crippen LogP contribution in [0.25, 0.3) is 0 Å². The molecule has 1 aliphatic carbocycles. The summed E-state index contributed by atoms with van der Waals surface area (Å²) in [6.07, 6.45) is 9.90. The van der Waals surface area contributed by atoms with Crippen LogP contribution in [0.15, 0.2) is 0 Å². The number of carbonyl (C=O) groups is 2. The number of hydrogen-bond donors (Lipinski definition) is 0. The van der Waals surface area contributed by atoms with Gasteiger partial charge < -0.3 is 4.74 Å². The summed E-state index contributed by atoms with van der Waals surface area (Å²) in [5.74, 6) is 0.738. The van der Waals surface area contributed by atoms with E-state index in [9.17, 15) is 9.59 Å². The zero-order valence-corrected chi connectivity index (χ0v) is 11.6. The van der Waals surface area contributed by atoms with E-state index in [1.807, 2.05) is 6.92 Å². The molecule has 1 fully saturated rings. The number of ether oxygens (including phenoxy) is 1. The second kappa shape index (κ2) is 9.12. The van der Waals surface area contributed by atoms with Crippen molar-refractivity contribution in [3.8, 4) is 0 Å². The van der Waals surface area contributed by atoms with E-state index in [2.05, 4.69) is 0 Å². The molecule has 0 spiro atoms. The Morgan fingerprint density at radius 3 is 2.22 bits per heavy atom. The van der Waals surface area contributed by atoms with Crippen LogP contribution in [0.4, 0.5) is 0 Å². The zero-order chi connectivity index (χ0) is 13.2. The van der Waals surface area contributed by atoms with E-state index in [1.165, 1.54) is 12.8 Å². The largest absolute Gasteiger partial charge is 0.466 e. The fourth-order valence-corrected chi connectivity index (χ4v) is 2.61. The molecular formula is C15H26O3. The van der Waals surface area contributed by atoms with E-state index in [-0.39, 0.29) is 5.97 Å². The summed E-state index contributed by atoms with van der Waals surface area (Å²) in [5.41, 5.74) is 0. The molecule has 0 saturated heterocycles. The SMILES string of the molecule is CCOC(=O)CCCCCCC(=O)C1CCCC1. The first-order valence-corrected chi connectivity index (χ1v) is 7.42. The van der Waals surface area contributed by atoms with Gasteiger partial charge >= 0.3 is 5.97 Å². The van der Waals surface area contributed by atoms with Crippen LogP contribution in [0.3, 0.4) is 0 Å². The summed E-state index contributed by atoms with van der Waals surface area (Å²) >= 11 is 0. The van der Waals surface area contributed by atoms with Gasteiger partial charge in [-0.1, -0.05) is 25.7 Å². The molecule has 0 heterocycles. The molecule has 0 aromatic heterocycles. The Labute approximate surface area is 110 Å². The second-order valence-corrected chi connectivity index (χ2v) is 5.17. The molecule has 3 heteroatoms. The van der Waals surface area contributed by atoms with Crippen LogP contribution in [-0.2, 0) is 14.3 Å². The molecule has 0 unspecified atom stereocenters. The van der Waals surface area contributed by atoms with Gasteiger partial charge in [0.1, 0.15) is 5.78 Å². The van der Waals surface area contributed by atoms with Crippen LogP contribution in [-0.4, -0.2) is 18.4 Å². The van der Waals surface area contributed by atoms with Crippen molar-refractivity contribution in [2.75, 3.05) is 6.61 Å². The Hall–Kier alpha value is -0.860. The lowest BCUT2D eigenvalue weighted by Crippen LogP contribution is -2.10. The number of ketones is 1. The molecular weight excluding hydrogens is 228 g/mol. The van der Waals surface area contributed by atoms with Crippen molar-refractivity contribution in [1.29, 1.82) is 0 Å². The molecule has 0 aromatic carbocycles. The Bertz CT molecular complexity index is 254. The van der Waals surface area contributed by atoms with Gasteiger partial charge in [-0.15, -0.1) is 0 Å². The summed E-state index contributed by atoms with van der Waals surface area (Å²) in [6, 6.07) is 0. The van der Waals surface area contributed by atoms with Gasteiger partial charge in [0.05, 0.1) is 6.61 Å². The Morgan fingerprint density at radius 1 is 1.00 bits per heavy atom. The van der Waals surface area contributed by atoms with Crippen LogP contribution in [0.5, 0.6) is 0 Å². The first kappa shape index (κ1) is 15.2. The monoisotopic (exact) mass is 254 g/mol. The number of esters is 1. The number of rotatable bonds is 9. The highest BCUT2D eigenvalue weighted by Gasteiger charge is 2.21. The maximum atomic E-state index is 11.8. The molecule has 104 valence electrons. The van der Waals surface area contributed by atoms with Crippen LogP contribution in [0, 0.1) is 5.92 Å². The van der Waals surface area contributed by atoms with Crippen molar-refractivity contribution < 1.29 is 14.3 Å². The van der Waals surface area contributed by atoms with Gasteiger partial charge in [0, 0.05) is 18.8 Å². The van der Waals surface area contributed by atoms with Crippen molar-refractivity contribution in [2.45, 2.75) is 71.1 Å². The average molecular weight is 254 g/mol. The maximum Gasteiger partial charge on any atom is 0.305 e. The number of hydrogen-bond acceptors (Lipinski definition) is 3. The quantitative estimate of drug-likeness (QED) is 0.466. The maximum absolute atomic E-state index is 11.8. The number of carbonyl (C=O) groups excluding carboxylic acids is 2. The van der Waals surface area contributed by atoms with Crippen LogP contribution in [0.2, 0.25) is 0 Å². The van der Waals surface area contributed by atoms with Gasteiger partial charge in [-0.2, -0.15) is 0 Å². The van der Waals surface area contributed by atoms with Gasteiger partial charge in [0.25, 0.3) is 0 Å². The number of Topliss-reactive ketones (excluding diaryl/α,β-unsaturated/α-hetero) is 1. The highest BCUT2D eigenvalue weighted by molar-refractivity contribution is 5.81. The first-order valence-electron chi connectivity index (χ1n) is 7.42. The van der Waals surface area contributed by atoms with E-state index in [0.717, 1.165) is 44.9 Å². The fraction of sp³-hybridized carbons (Fsp3) is 0.867. The minimum absolute atomic E-state index is 0.0977. The Morgan fingerprint density at radius 2 is 1.61 bits per heavy atom. The van der Waals surface area contributed by atoms with E-state index in [1.54, 1.807) is 0 Å². The summed E-state index contributed by atoms with van der Waals surface area (Å²) < 4.78 is 4.86. The lowest BCUT2D eigenvalue weighted by molar-refractivity contribution is -0.143. The molecule has 18 heavy (non-hydrogen) atoms. The summed E-state index contributed by atoms with van der Waals surface area (Å²) in [7, 11) is 0. The normalized spacial score (nSPS) is 15.8. The lowest BCUT2D eigenvalue weighted by Gasteiger charge is -2.07. The highest BCUT2D eigenvalue weighted by atomic mass is 16.5. The third kappa shape index (κ3) is 6.18. The molecule has 0 bridgehead atoms. The molecule has 0 aromatic rings. The summed E-state index contributed by atoms with van der Waals surface area (Å²) in [6.45, 7) is 2.29. The Kier molecular flexibility index (Phi) is 7.70. The van der Waals surface area contributed by atoms with Crippen molar-refractivity contribution in [2.24, 2.45) is 5.92 Å². The predicted molar refractivity (Wildman–Crippen MR) is 71.3 cm³/mol. The molecule has 1 aliphatic rings. The van der Waals surface area contributed by atoms with Crippen LogP contribution >= 0.6 is 0 Å². The zero-order valence-electron chi connectivity index (χ0n) is 11.6. The number of unbranched alkanes of at least 4 members (excludes halogenated alkanes) is 3. The smallest absolute Gasteiger partial charge is 0.305 e. The molecule has 0 N–H and O–H groups in total. The van der Waals surface area contributed by atoms with Gasteiger partial charge in [-0.05, 0) is 32.6 Å². The standard InChI is InChI=1S/C15H26O3/c1-2-18-15(17)12-6-4-3-5-11-14(16)13-9-7-8-10-13/h13H,2-12H2,1H3. The van der Waals surface area contributed by atoms with Crippen molar-refractivity contribution >= 4 is 11.8 Å². The fourth-order valence-electron chi connectivity index (χ4n) is 2.61. The van der Waals surface area contributed by atoms with Crippen molar-refractivity contribution in [3.63, 3.8) is 0 Å². The third-order valence-electron chi connectivity index (χ3n) is 3.67. The van der Waals surface area contributed by atoms with E-state index in [0.29, 0.717) is 24.7 Å². The van der Waals surface area contributed by atoms with Crippen molar-refractivity contribution in [3.05, 3.63) is 0 Å². The van der Waals surface area contributed by atoms with Gasteiger partial charge in [-0.25, -0.2) is 0 Å². The minimum atomic E-state index is -0.0977. The van der Waals surface area contributed by atoms with Crippen molar-refractivity contribution in [1.82, 2.24) is 0 Å². The predicted octanol–water partition coefficient (Wildman–Crippen LogP) is 3.65. The molecule has 0 aliphatic heterocycles. The second-order valence-electron chi connectivity index (χ2n) is 5.17. The van der Waals surface area contributed by atoms with Crippen LogP contribution < -0.4 is 0 Å². The Balaban J connectivity index is 1.92. The van der Waals surface area contributed by atoms with Crippen LogP contribution in [0.1, 0.15) is 71.1 Å². The minimum Gasteiger partial charge on any atom is -0.466 e. The lowest BCUT2D eigenvalue weighted by atomic mass is 9.97. The average Bonchev–Trinajstić information content (AvgIpc) is 2.87. The molecule has 1 rings (SSSR count). The van der Waals surface area contributed by atoms with Gasteiger partial charge in [0.2, 0.25) is 0 Å². The van der Waals surface area contributed by atoms with E-state index >= 15 is 0 Å². The molecule has 0 radical (unpaired) electrons. The van der Waals surface area contributed by atoms with E-state index in [4.69, 9.17) is 4.74 Å². The van der Waals surface area contributed by atoms with Gasteiger partial charge in [-0.3, -0.25) is 9.59 Å². The summed E-state index contributed by atoms with van der Waals surface area (Å²) in [4.78, 5) is 22.9. The first-order chi connectivity index (χ1) is 8.74. The molecule has 3 nitrogen and oxygen atoms in total. The molecule has 0 atom stereocenters. The molecule has 1 saturated carbocycles.